The Labute approximate surface area is 99.7 Å². The smallest absolute Gasteiger partial charge is 0.264 e. The first-order valence-electron chi connectivity index (χ1n) is 5.21. The van der Waals surface area contributed by atoms with Crippen molar-refractivity contribution in [3.63, 3.8) is 0 Å². The van der Waals surface area contributed by atoms with E-state index in [1.54, 1.807) is 0 Å². The van der Waals surface area contributed by atoms with Gasteiger partial charge in [0.25, 0.3) is 5.91 Å². The van der Waals surface area contributed by atoms with Crippen LogP contribution < -0.4 is 22.1 Å². The fraction of sp³-hybridized carbons (Fsp3) is 0.500. The molecule has 0 bridgehead atoms. The van der Waals surface area contributed by atoms with Gasteiger partial charge >= 0.3 is 0 Å². The standard InChI is InChI=1S/C10H18N4O3/c1-7(2)10(17)14-13-9(16)6-4-3-5-8(15)12-11/h1,3-6,11H2,2H3,(H,12,15)(H,13,16)(H,14,17). The van der Waals surface area contributed by atoms with Crippen LogP contribution in [0.4, 0.5) is 0 Å². The minimum Gasteiger partial charge on any atom is -0.294 e. The Morgan fingerprint density at radius 2 is 1.59 bits per heavy atom. The van der Waals surface area contributed by atoms with Crippen LogP contribution in [0.15, 0.2) is 12.2 Å². The lowest BCUT2D eigenvalue weighted by atomic mass is 10.2. The average Bonchev–Trinajstić information content (AvgIpc) is 2.30. The Morgan fingerprint density at radius 3 is 2.06 bits per heavy atom. The van der Waals surface area contributed by atoms with Crippen LogP contribution in [0.5, 0.6) is 0 Å². The molecule has 0 aromatic heterocycles. The zero-order valence-electron chi connectivity index (χ0n) is 9.84. The van der Waals surface area contributed by atoms with Crippen LogP contribution in [0.2, 0.25) is 0 Å². The molecule has 7 nitrogen and oxygen atoms in total. The molecule has 0 spiro atoms. The molecule has 0 radical (unpaired) electrons. The van der Waals surface area contributed by atoms with Gasteiger partial charge in [-0.25, -0.2) is 5.84 Å². The van der Waals surface area contributed by atoms with E-state index in [0.29, 0.717) is 18.4 Å². The normalized spacial score (nSPS) is 9.29. The Bertz CT molecular complexity index is 315. The highest BCUT2D eigenvalue weighted by Gasteiger charge is 2.05. The first-order valence-corrected chi connectivity index (χ1v) is 5.21. The van der Waals surface area contributed by atoms with Crippen molar-refractivity contribution in [2.75, 3.05) is 0 Å². The number of carbonyl (C=O) groups excluding carboxylic acids is 3. The Hall–Kier alpha value is -1.89. The highest BCUT2D eigenvalue weighted by Crippen LogP contribution is 1.99. The fourth-order valence-electron chi connectivity index (χ4n) is 0.939. The van der Waals surface area contributed by atoms with Crippen molar-refractivity contribution in [2.24, 2.45) is 5.84 Å². The van der Waals surface area contributed by atoms with Gasteiger partial charge in [-0.15, -0.1) is 0 Å². The lowest BCUT2D eigenvalue weighted by Gasteiger charge is -2.06. The predicted molar refractivity (Wildman–Crippen MR) is 61.9 cm³/mol. The third-order valence-electron chi connectivity index (χ3n) is 1.92. The molecule has 0 atom stereocenters. The third-order valence-corrected chi connectivity index (χ3v) is 1.92. The molecule has 0 saturated heterocycles. The van der Waals surface area contributed by atoms with E-state index in [4.69, 9.17) is 5.84 Å². The van der Waals surface area contributed by atoms with Crippen molar-refractivity contribution >= 4 is 17.7 Å². The van der Waals surface area contributed by atoms with Gasteiger partial charge in [0.2, 0.25) is 11.8 Å². The number of nitrogens with two attached hydrogens (primary N) is 1. The molecule has 0 aromatic rings. The summed E-state index contributed by atoms with van der Waals surface area (Å²) in [4.78, 5) is 33.0. The van der Waals surface area contributed by atoms with Crippen LogP contribution in [0.25, 0.3) is 0 Å². The molecule has 0 aliphatic rings. The van der Waals surface area contributed by atoms with Crippen molar-refractivity contribution in [2.45, 2.75) is 32.6 Å². The van der Waals surface area contributed by atoms with Gasteiger partial charge in [-0.3, -0.25) is 30.7 Å². The molecule has 96 valence electrons. The van der Waals surface area contributed by atoms with Crippen molar-refractivity contribution in [3.05, 3.63) is 12.2 Å². The maximum Gasteiger partial charge on any atom is 0.264 e. The molecule has 0 aliphatic carbocycles. The van der Waals surface area contributed by atoms with E-state index in [9.17, 15) is 14.4 Å². The highest BCUT2D eigenvalue weighted by molar-refractivity contribution is 5.93. The predicted octanol–water partition coefficient (Wildman–Crippen LogP) is -0.740. The molecule has 3 amide bonds. The van der Waals surface area contributed by atoms with Crippen LogP contribution >= 0.6 is 0 Å². The maximum atomic E-state index is 11.2. The Morgan fingerprint density at radius 1 is 1.06 bits per heavy atom. The topological polar surface area (TPSA) is 113 Å². The lowest BCUT2D eigenvalue weighted by molar-refractivity contribution is -0.127. The van der Waals surface area contributed by atoms with Crippen molar-refractivity contribution < 1.29 is 14.4 Å². The van der Waals surface area contributed by atoms with Crippen molar-refractivity contribution in [1.82, 2.24) is 16.3 Å². The molecular weight excluding hydrogens is 224 g/mol. The molecule has 0 aromatic carbocycles. The summed E-state index contributed by atoms with van der Waals surface area (Å²) in [6, 6.07) is 0. The average molecular weight is 242 g/mol. The van der Waals surface area contributed by atoms with Gasteiger partial charge in [0.1, 0.15) is 0 Å². The van der Waals surface area contributed by atoms with Crippen LogP contribution in [-0.2, 0) is 14.4 Å². The van der Waals surface area contributed by atoms with E-state index in [-0.39, 0.29) is 24.7 Å². The second-order valence-corrected chi connectivity index (χ2v) is 3.56. The zero-order valence-corrected chi connectivity index (χ0v) is 9.84. The summed E-state index contributed by atoms with van der Waals surface area (Å²) in [5.41, 5.74) is 6.76. The van der Waals surface area contributed by atoms with Gasteiger partial charge in [0.05, 0.1) is 0 Å². The highest BCUT2D eigenvalue weighted by atomic mass is 16.2. The van der Waals surface area contributed by atoms with E-state index in [1.165, 1.54) is 6.92 Å². The minimum atomic E-state index is -0.430. The first-order chi connectivity index (χ1) is 7.97. The summed E-state index contributed by atoms with van der Waals surface area (Å²) in [5, 5.41) is 0. The molecule has 0 fully saturated rings. The van der Waals surface area contributed by atoms with E-state index < -0.39 is 5.91 Å². The number of carbonyl (C=O) groups is 3. The number of amides is 3. The van der Waals surface area contributed by atoms with Crippen molar-refractivity contribution in [1.29, 1.82) is 0 Å². The summed E-state index contributed by atoms with van der Waals surface area (Å²) in [6.07, 6.45) is 1.61. The number of hydrogen-bond acceptors (Lipinski definition) is 4. The number of unbranched alkanes of at least 4 members (excludes halogenated alkanes) is 1. The fourth-order valence-corrected chi connectivity index (χ4v) is 0.939. The third kappa shape index (κ3) is 7.97. The number of nitrogens with one attached hydrogen (secondary N) is 3. The summed E-state index contributed by atoms with van der Waals surface area (Å²) in [7, 11) is 0. The molecule has 0 rings (SSSR count). The van der Waals surface area contributed by atoms with Gasteiger partial charge in [-0.2, -0.15) is 0 Å². The molecule has 0 saturated carbocycles. The molecule has 0 heterocycles. The molecular formula is C10H18N4O3. The minimum absolute atomic E-state index is 0.230. The second-order valence-electron chi connectivity index (χ2n) is 3.56. The molecule has 7 heteroatoms. The summed E-state index contributed by atoms with van der Waals surface area (Å²) in [5.74, 6) is 3.88. The van der Waals surface area contributed by atoms with Crippen LogP contribution in [0.3, 0.4) is 0 Å². The van der Waals surface area contributed by atoms with Gasteiger partial charge in [-0.05, 0) is 19.8 Å². The quantitative estimate of drug-likeness (QED) is 0.161. The largest absolute Gasteiger partial charge is 0.294 e. The van der Waals surface area contributed by atoms with E-state index in [1.807, 2.05) is 5.43 Å². The first kappa shape index (κ1) is 15.1. The maximum absolute atomic E-state index is 11.2. The summed E-state index contributed by atoms with van der Waals surface area (Å²) in [6.45, 7) is 4.95. The Balaban J connectivity index is 3.57. The number of hydrogen-bond donors (Lipinski definition) is 4. The summed E-state index contributed by atoms with van der Waals surface area (Å²) >= 11 is 0. The monoisotopic (exact) mass is 242 g/mol. The van der Waals surface area contributed by atoms with E-state index in [0.717, 1.165) is 0 Å². The van der Waals surface area contributed by atoms with Gasteiger partial charge in [0.15, 0.2) is 0 Å². The molecule has 0 unspecified atom stereocenters. The van der Waals surface area contributed by atoms with Gasteiger partial charge < -0.3 is 0 Å². The van der Waals surface area contributed by atoms with Gasteiger partial charge in [-0.1, -0.05) is 6.58 Å². The number of rotatable bonds is 6. The van der Waals surface area contributed by atoms with Crippen LogP contribution in [0.1, 0.15) is 32.6 Å². The van der Waals surface area contributed by atoms with Crippen molar-refractivity contribution in [3.8, 4) is 0 Å². The van der Waals surface area contributed by atoms with Crippen LogP contribution in [-0.4, -0.2) is 17.7 Å². The summed E-state index contributed by atoms with van der Waals surface area (Å²) < 4.78 is 0. The molecule has 0 aliphatic heterocycles. The molecule has 17 heavy (non-hydrogen) atoms. The number of hydrazine groups is 2. The molecule has 5 N–H and O–H groups in total. The van der Waals surface area contributed by atoms with Crippen LogP contribution in [0, 0.1) is 0 Å². The van der Waals surface area contributed by atoms with Gasteiger partial charge in [0, 0.05) is 18.4 Å². The van der Waals surface area contributed by atoms with E-state index >= 15 is 0 Å². The second kappa shape index (κ2) is 8.28. The zero-order chi connectivity index (χ0) is 13.3. The van der Waals surface area contributed by atoms with E-state index in [2.05, 4.69) is 17.4 Å². The SMILES string of the molecule is C=C(C)C(=O)NNC(=O)CCCCC(=O)NN. The lowest BCUT2D eigenvalue weighted by Crippen LogP contribution is -2.41. The Kier molecular flexibility index (Phi) is 7.36.